The van der Waals surface area contributed by atoms with E-state index in [1.165, 1.54) is 11.8 Å². The van der Waals surface area contributed by atoms with Gasteiger partial charge in [0.1, 0.15) is 5.76 Å². The molecule has 1 aromatic heterocycles. The van der Waals surface area contributed by atoms with Crippen molar-refractivity contribution in [1.29, 1.82) is 0 Å². The molecular formula is C19H25N3O5. The Morgan fingerprint density at radius 2 is 1.93 bits per heavy atom. The average Bonchev–Trinajstić information content (AvgIpc) is 3.08. The smallest absolute Gasteiger partial charge is 0.225 e. The van der Waals surface area contributed by atoms with Crippen molar-refractivity contribution in [2.45, 2.75) is 26.7 Å². The molecular weight excluding hydrogens is 350 g/mol. The van der Waals surface area contributed by atoms with Gasteiger partial charge in [0.05, 0.1) is 14.2 Å². The Bertz CT molecular complexity index is 787. The number of aromatic nitrogens is 1. The van der Waals surface area contributed by atoms with Crippen molar-refractivity contribution in [3.63, 3.8) is 0 Å². The van der Waals surface area contributed by atoms with E-state index >= 15 is 0 Å². The minimum absolute atomic E-state index is 0.0929. The van der Waals surface area contributed by atoms with Crippen molar-refractivity contribution in [3.05, 3.63) is 35.6 Å². The minimum Gasteiger partial charge on any atom is -0.493 e. The van der Waals surface area contributed by atoms with Crippen LogP contribution in [0, 0.1) is 6.92 Å². The summed E-state index contributed by atoms with van der Waals surface area (Å²) < 4.78 is 15.5. The molecule has 0 atom stereocenters. The van der Waals surface area contributed by atoms with E-state index in [1.54, 1.807) is 27.2 Å². The van der Waals surface area contributed by atoms with E-state index < -0.39 is 0 Å². The first kappa shape index (κ1) is 20.3. The first-order chi connectivity index (χ1) is 12.9. The molecule has 1 aromatic carbocycles. The Kier molecular flexibility index (Phi) is 7.22. The number of nitrogens with one attached hydrogen (secondary N) is 1. The van der Waals surface area contributed by atoms with Gasteiger partial charge in [0, 0.05) is 32.5 Å². The quantitative estimate of drug-likeness (QED) is 0.721. The second-order valence-corrected chi connectivity index (χ2v) is 6.01. The number of nitrogens with zero attached hydrogens (tertiary/aromatic N) is 2. The van der Waals surface area contributed by atoms with Crippen LogP contribution in [0.25, 0.3) is 0 Å². The Balaban J connectivity index is 1.81. The van der Waals surface area contributed by atoms with Crippen molar-refractivity contribution in [1.82, 2.24) is 10.5 Å². The topological polar surface area (TPSA) is 93.9 Å². The number of anilines is 1. The van der Waals surface area contributed by atoms with Crippen LogP contribution < -0.4 is 19.7 Å². The summed E-state index contributed by atoms with van der Waals surface area (Å²) in [4.78, 5) is 25.3. The molecule has 0 spiro atoms. The van der Waals surface area contributed by atoms with Gasteiger partial charge in [-0.3, -0.25) is 14.5 Å². The van der Waals surface area contributed by atoms with E-state index in [-0.39, 0.29) is 11.8 Å². The Morgan fingerprint density at radius 1 is 1.19 bits per heavy atom. The number of rotatable bonds is 9. The van der Waals surface area contributed by atoms with Crippen molar-refractivity contribution in [2.75, 3.05) is 32.2 Å². The molecule has 1 N–H and O–H groups in total. The third kappa shape index (κ3) is 5.73. The van der Waals surface area contributed by atoms with Gasteiger partial charge in [0.2, 0.25) is 11.8 Å². The Morgan fingerprint density at radius 3 is 2.52 bits per heavy atom. The summed E-state index contributed by atoms with van der Waals surface area (Å²) in [6.45, 7) is 3.85. The molecule has 0 aliphatic rings. The van der Waals surface area contributed by atoms with Gasteiger partial charge in [-0.2, -0.15) is 0 Å². The van der Waals surface area contributed by atoms with E-state index in [0.717, 1.165) is 5.56 Å². The summed E-state index contributed by atoms with van der Waals surface area (Å²) in [5.74, 6) is 2.09. The Hall–Kier alpha value is -3.03. The van der Waals surface area contributed by atoms with E-state index in [9.17, 15) is 9.59 Å². The fourth-order valence-corrected chi connectivity index (χ4v) is 2.60. The molecule has 27 heavy (non-hydrogen) atoms. The lowest BCUT2D eigenvalue weighted by atomic mass is 10.1. The molecule has 2 rings (SSSR count). The van der Waals surface area contributed by atoms with Gasteiger partial charge in [0.15, 0.2) is 17.3 Å². The summed E-state index contributed by atoms with van der Waals surface area (Å²) in [5.41, 5.74) is 0.978. The molecule has 0 unspecified atom stereocenters. The van der Waals surface area contributed by atoms with Gasteiger partial charge in [-0.05, 0) is 31.0 Å². The zero-order chi connectivity index (χ0) is 19.8. The second-order valence-electron chi connectivity index (χ2n) is 6.01. The van der Waals surface area contributed by atoms with Gasteiger partial charge in [-0.25, -0.2) is 0 Å². The number of benzene rings is 1. The second kappa shape index (κ2) is 9.61. The summed E-state index contributed by atoms with van der Waals surface area (Å²) in [6.07, 6.45) is 0.906. The first-order valence-corrected chi connectivity index (χ1v) is 8.63. The van der Waals surface area contributed by atoms with Crippen LogP contribution in [0.5, 0.6) is 11.5 Å². The highest BCUT2D eigenvalue weighted by Crippen LogP contribution is 2.27. The van der Waals surface area contributed by atoms with Crippen LogP contribution in [0.4, 0.5) is 5.82 Å². The third-order valence-corrected chi connectivity index (χ3v) is 4.02. The van der Waals surface area contributed by atoms with Crippen molar-refractivity contribution in [3.8, 4) is 11.5 Å². The first-order valence-electron chi connectivity index (χ1n) is 8.63. The van der Waals surface area contributed by atoms with Crippen LogP contribution >= 0.6 is 0 Å². The molecule has 2 amide bonds. The lowest BCUT2D eigenvalue weighted by Crippen LogP contribution is -2.37. The van der Waals surface area contributed by atoms with Gasteiger partial charge in [-0.15, -0.1) is 0 Å². The molecule has 8 nitrogen and oxygen atoms in total. The fourth-order valence-electron chi connectivity index (χ4n) is 2.60. The average molecular weight is 375 g/mol. The van der Waals surface area contributed by atoms with Gasteiger partial charge in [0.25, 0.3) is 0 Å². The molecule has 8 heteroatoms. The number of carbonyl (C=O) groups is 2. The van der Waals surface area contributed by atoms with Crippen molar-refractivity contribution >= 4 is 17.6 Å². The SMILES string of the molecule is COc1ccc(CCC(=O)NCCN(C(C)=O)c2cc(C)on2)cc1OC. The maximum atomic E-state index is 12.1. The van der Waals surface area contributed by atoms with Crippen LogP contribution in [-0.4, -0.2) is 44.3 Å². The highest BCUT2D eigenvalue weighted by molar-refractivity contribution is 5.90. The predicted octanol–water partition coefficient (Wildman–Crippen LogP) is 2.10. The molecule has 1 heterocycles. The fraction of sp³-hybridized carbons (Fsp3) is 0.421. The van der Waals surface area contributed by atoms with Crippen molar-refractivity contribution < 1.29 is 23.6 Å². The van der Waals surface area contributed by atoms with E-state index in [4.69, 9.17) is 14.0 Å². The summed E-state index contributed by atoms with van der Waals surface area (Å²) in [6, 6.07) is 7.26. The highest BCUT2D eigenvalue weighted by Gasteiger charge is 2.15. The molecule has 0 fully saturated rings. The molecule has 0 bridgehead atoms. The molecule has 146 valence electrons. The summed E-state index contributed by atoms with van der Waals surface area (Å²) >= 11 is 0. The molecule has 0 radical (unpaired) electrons. The Labute approximate surface area is 158 Å². The largest absolute Gasteiger partial charge is 0.493 e. The lowest BCUT2D eigenvalue weighted by Gasteiger charge is -2.17. The van der Waals surface area contributed by atoms with Crippen LogP contribution in [0.3, 0.4) is 0 Å². The predicted molar refractivity (Wildman–Crippen MR) is 100 cm³/mol. The maximum absolute atomic E-state index is 12.1. The molecule has 0 aliphatic heterocycles. The summed E-state index contributed by atoms with van der Waals surface area (Å²) in [5, 5.41) is 6.66. The van der Waals surface area contributed by atoms with Crippen LogP contribution in [0.15, 0.2) is 28.8 Å². The minimum atomic E-state index is -0.164. The number of amides is 2. The van der Waals surface area contributed by atoms with Crippen LogP contribution in [-0.2, 0) is 16.0 Å². The highest BCUT2D eigenvalue weighted by atomic mass is 16.5. The number of carbonyl (C=O) groups excluding carboxylic acids is 2. The lowest BCUT2D eigenvalue weighted by molar-refractivity contribution is -0.121. The van der Waals surface area contributed by atoms with E-state index in [0.29, 0.717) is 49.0 Å². The monoisotopic (exact) mass is 375 g/mol. The number of ether oxygens (including phenoxy) is 2. The van der Waals surface area contributed by atoms with Crippen LogP contribution in [0.2, 0.25) is 0 Å². The molecule has 0 aliphatic carbocycles. The zero-order valence-corrected chi connectivity index (χ0v) is 16.1. The molecule has 0 saturated heterocycles. The molecule has 2 aromatic rings. The van der Waals surface area contributed by atoms with Crippen molar-refractivity contribution in [2.24, 2.45) is 0 Å². The number of hydrogen-bond donors (Lipinski definition) is 1. The van der Waals surface area contributed by atoms with Crippen LogP contribution in [0.1, 0.15) is 24.7 Å². The van der Waals surface area contributed by atoms with E-state index in [1.807, 2.05) is 18.2 Å². The third-order valence-electron chi connectivity index (χ3n) is 4.02. The number of hydrogen-bond acceptors (Lipinski definition) is 6. The van der Waals surface area contributed by atoms with Gasteiger partial charge >= 0.3 is 0 Å². The number of aryl methyl sites for hydroxylation is 2. The normalized spacial score (nSPS) is 10.4. The number of methoxy groups -OCH3 is 2. The van der Waals surface area contributed by atoms with E-state index in [2.05, 4.69) is 10.5 Å². The maximum Gasteiger partial charge on any atom is 0.225 e. The van der Waals surface area contributed by atoms with Gasteiger partial charge in [-0.1, -0.05) is 11.2 Å². The van der Waals surface area contributed by atoms with Gasteiger partial charge < -0.3 is 19.3 Å². The summed E-state index contributed by atoms with van der Waals surface area (Å²) in [7, 11) is 3.15. The standard InChI is InChI=1S/C19H25N3O5/c1-13-11-18(21-27-13)22(14(2)23)10-9-20-19(24)8-6-15-5-7-16(25-3)17(12-15)26-4/h5,7,11-12H,6,8-10H2,1-4H3,(H,20,24). The molecule has 0 saturated carbocycles. The zero-order valence-electron chi connectivity index (χ0n) is 16.1.